The van der Waals surface area contributed by atoms with E-state index in [1.165, 1.54) is 32.2 Å². The summed E-state index contributed by atoms with van der Waals surface area (Å²) in [4.78, 5) is 35.7. The summed E-state index contributed by atoms with van der Waals surface area (Å²) < 4.78 is 5.62. The van der Waals surface area contributed by atoms with E-state index in [0.717, 1.165) is 31.6 Å². The monoisotopic (exact) mass is 450 g/mol. The van der Waals surface area contributed by atoms with E-state index in [4.69, 9.17) is 24.5 Å². The van der Waals surface area contributed by atoms with Crippen LogP contribution in [0.3, 0.4) is 0 Å². The molecule has 1 heterocycles. The fourth-order valence-corrected chi connectivity index (χ4v) is 4.07. The molecule has 32 heavy (non-hydrogen) atoms. The Morgan fingerprint density at radius 1 is 1.00 bits per heavy atom. The van der Waals surface area contributed by atoms with E-state index < -0.39 is 11.9 Å². The highest BCUT2D eigenvalue weighted by molar-refractivity contribution is 6.27. The fraction of sp³-hybridized carbons (Fsp3) is 0.625. The molecule has 0 aromatic heterocycles. The number of hydrogen-bond donors (Lipinski definition) is 2. The molecule has 1 aromatic carbocycles. The maximum Gasteiger partial charge on any atom is 0.414 e. The molecular weight excluding hydrogens is 412 g/mol. The van der Waals surface area contributed by atoms with Crippen LogP contribution in [0.4, 0.5) is 5.69 Å². The van der Waals surface area contributed by atoms with Gasteiger partial charge in [-0.05, 0) is 37.9 Å². The van der Waals surface area contributed by atoms with Crippen molar-refractivity contribution in [2.24, 2.45) is 0 Å². The van der Waals surface area contributed by atoms with Gasteiger partial charge in [-0.15, -0.1) is 0 Å². The van der Waals surface area contributed by atoms with Gasteiger partial charge in [0.1, 0.15) is 0 Å². The Morgan fingerprint density at radius 3 is 2.06 bits per heavy atom. The summed E-state index contributed by atoms with van der Waals surface area (Å²) in [6, 6.07) is 10.1. The number of anilines is 1. The van der Waals surface area contributed by atoms with E-state index in [1.807, 2.05) is 42.2 Å². The van der Waals surface area contributed by atoms with E-state index in [-0.39, 0.29) is 11.4 Å². The lowest BCUT2D eigenvalue weighted by atomic mass is 9.85. The Bertz CT molecular complexity index is 690. The smallest absolute Gasteiger partial charge is 0.414 e. The maximum absolute atomic E-state index is 12.9. The van der Waals surface area contributed by atoms with Gasteiger partial charge in [0, 0.05) is 32.3 Å². The number of likely N-dealkylation sites (tertiary alicyclic amines) is 1. The lowest BCUT2D eigenvalue weighted by Gasteiger charge is -2.48. The van der Waals surface area contributed by atoms with Crippen molar-refractivity contribution in [3.8, 4) is 0 Å². The highest BCUT2D eigenvalue weighted by Crippen LogP contribution is 2.34. The number of carboxylic acids is 2. The molecule has 2 N–H and O–H groups in total. The number of para-hydroxylation sites is 1. The molecule has 0 radical (unpaired) electrons. The van der Waals surface area contributed by atoms with Gasteiger partial charge in [0.05, 0.1) is 12.1 Å². The second-order valence-corrected chi connectivity index (χ2v) is 8.09. The Hall–Kier alpha value is -2.45. The normalized spacial score (nSPS) is 15.3. The average Bonchev–Trinajstić information content (AvgIpc) is 2.79. The lowest BCUT2D eigenvalue weighted by Crippen LogP contribution is -2.60. The quantitative estimate of drug-likeness (QED) is 0.414. The Labute approximate surface area is 191 Å². The van der Waals surface area contributed by atoms with Gasteiger partial charge in [0.2, 0.25) is 5.91 Å². The van der Waals surface area contributed by atoms with Crippen molar-refractivity contribution in [3.63, 3.8) is 0 Å². The first kappa shape index (κ1) is 27.6. The van der Waals surface area contributed by atoms with Gasteiger partial charge >= 0.3 is 11.9 Å². The number of carbonyl (C=O) groups excluding carboxylic acids is 1. The van der Waals surface area contributed by atoms with Crippen molar-refractivity contribution in [2.45, 2.75) is 64.3 Å². The van der Waals surface area contributed by atoms with E-state index in [1.54, 1.807) is 7.11 Å². The first-order valence-electron chi connectivity index (χ1n) is 11.4. The third-order valence-corrected chi connectivity index (χ3v) is 5.75. The van der Waals surface area contributed by atoms with Crippen LogP contribution >= 0.6 is 0 Å². The summed E-state index contributed by atoms with van der Waals surface area (Å²) in [5.74, 6) is -3.46. The molecule has 0 aliphatic carbocycles. The summed E-state index contributed by atoms with van der Waals surface area (Å²) in [7, 11) is 1.75. The first-order valence-corrected chi connectivity index (χ1v) is 11.4. The van der Waals surface area contributed by atoms with Crippen LogP contribution in [-0.4, -0.2) is 71.8 Å². The van der Waals surface area contributed by atoms with E-state index >= 15 is 0 Å². The van der Waals surface area contributed by atoms with Gasteiger partial charge in [-0.3, -0.25) is 4.79 Å². The number of rotatable bonds is 10. The standard InChI is InChI=1S/C22H36N2O2.C2H2O4/c1-4-6-7-11-16-23-17-14-22(15-18-23,19-26-3)24(21(25)5-2)20-12-9-8-10-13-20;3-1(4)2(5)6/h8-10,12-13H,4-7,11,14-19H2,1-3H3;(H,3,4)(H,5,6). The average molecular weight is 451 g/mol. The Morgan fingerprint density at radius 2 is 1.59 bits per heavy atom. The van der Waals surface area contributed by atoms with Crippen LogP contribution in [0, 0.1) is 0 Å². The molecule has 1 aliphatic heterocycles. The van der Waals surface area contributed by atoms with Crippen LogP contribution in [-0.2, 0) is 19.1 Å². The summed E-state index contributed by atoms with van der Waals surface area (Å²) in [6.07, 6.45) is 7.66. The predicted molar refractivity (Wildman–Crippen MR) is 124 cm³/mol. The van der Waals surface area contributed by atoms with Crippen molar-refractivity contribution in [1.29, 1.82) is 0 Å². The van der Waals surface area contributed by atoms with Crippen molar-refractivity contribution >= 4 is 23.5 Å². The van der Waals surface area contributed by atoms with Crippen molar-refractivity contribution in [1.82, 2.24) is 4.90 Å². The number of aliphatic carboxylic acids is 2. The van der Waals surface area contributed by atoms with Crippen LogP contribution in [0.1, 0.15) is 58.8 Å². The largest absolute Gasteiger partial charge is 0.473 e. The zero-order valence-corrected chi connectivity index (χ0v) is 19.6. The SMILES string of the molecule is CCCCCCN1CCC(COC)(N(C(=O)CC)c2ccccc2)CC1.O=C(O)C(=O)O. The zero-order chi connectivity index (χ0) is 24.0. The van der Waals surface area contributed by atoms with Crippen molar-refractivity contribution in [2.75, 3.05) is 38.3 Å². The lowest BCUT2D eigenvalue weighted by molar-refractivity contribution is -0.159. The zero-order valence-electron chi connectivity index (χ0n) is 19.6. The van der Waals surface area contributed by atoms with Gasteiger partial charge in [-0.25, -0.2) is 9.59 Å². The van der Waals surface area contributed by atoms with E-state index in [9.17, 15) is 4.79 Å². The summed E-state index contributed by atoms with van der Waals surface area (Å²) in [6.45, 7) is 8.05. The van der Waals surface area contributed by atoms with Crippen LogP contribution < -0.4 is 4.90 Å². The molecule has 1 fully saturated rings. The molecule has 0 spiro atoms. The number of nitrogens with zero attached hydrogens (tertiary/aromatic N) is 2. The predicted octanol–water partition coefficient (Wildman–Crippen LogP) is 3.65. The van der Waals surface area contributed by atoms with E-state index in [2.05, 4.69) is 11.8 Å². The molecule has 8 heteroatoms. The van der Waals surface area contributed by atoms with Gasteiger partial charge in [-0.2, -0.15) is 0 Å². The minimum Gasteiger partial charge on any atom is -0.473 e. The molecule has 1 aromatic rings. The fourth-order valence-electron chi connectivity index (χ4n) is 4.07. The van der Waals surface area contributed by atoms with Crippen LogP contribution in [0.2, 0.25) is 0 Å². The minimum absolute atomic E-state index is 0.185. The number of ether oxygens (including phenoxy) is 1. The summed E-state index contributed by atoms with van der Waals surface area (Å²) in [5, 5.41) is 14.8. The highest BCUT2D eigenvalue weighted by Gasteiger charge is 2.42. The second kappa shape index (κ2) is 14.6. The number of methoxy groups -OCH3 is 1. The molecule has 2 rings (SSSR count). The van der Waals surface area contributed by atoms with Crippen LogP contribution in [0.15, 0.2) is 30.3 Å². The molecule has 0 bridgehead atoms. The third-order valence-electron chi connectivity index (χ3n) is 5.75. The third kappa shape index (κ3) is 8.59. The van der Waals surface area contributed by atoms with Gasteiger partial charge in [0.25, 0.3) is 0 Å². The van der Waals surface area contributed by atoms with Gasteiger partial charge < -0.3 is 24.7 Å². The van der Waals surface area contributed by atoms with E-state index in [0.29, 0.717) is 13.0 Å². The van der Waals surface area contributed by atoms with Crippen LogP contribution in [0.5, 0.6) is 0 Å². The molecule has 1 amide bonds. The highest BCUT2D eigenvalue weighted by atomic mass is 16.5. The molecule has 0 atom stereocenters. The Balaban J connectivity index is 0.000000751. The molecule has 1 saturated heterocycles. The number of carbonyl (C=O) groups is 3. The molecule has 8 nitrogen and oxygen atoms in total. The topological polar surface area (TPSA) is 107 Å². The number of carboxylic acid groups (broad SMARTS) is 2. The Kier molecular flexibility index (Phi) is 12.6. The number of amides is 1. The summed E-state index contributed by atoms with van der Waals surface area (Å²) in [5.41, 5.74) is 0.760. The minimum atomic E-state index is -1.82. The first-order chi connectivity index (χ1) is 15.3. The number of hydrogen-bond acceptors (Lipinski definition) is 5. The number of benzene rings is 1. The number of unbranched alkanes of at least 4 members (excludes halogenated alkanes) is 3. The summed E-state index contributed by atoms with van der Waals surface area (Å²) >= 11 is 0. The molecule has 0 saturated carbocycles. The van der Waals surface area contributed by atoms with Gasteiger partial charge in [-0.1, -0.05) is 51.3 Å². The molecule has 0 unspecified atom stereocenters. The molecule has 180 valence electrons. The molecular formula is C24H38N2O6. The van der Waals surface area contributed by atoms with Crippen LogP contribution in [0.25, 0.3) is 0 Å². The van der Waals surface area contributed by atoms with Crippen molar-refractivity contribution < 1.29 is 29.3 Å². The van der Waals surface area contributed by atoms with Crippen molar-refractivity contribution in [3.05, 3.63) is 30.3 Å². The second-order valence-electron chi connectivity index (χ2n) is 8.09. The number of piperidine rings is 1. The van der Waals surface area contributed by atoms with Gasteiger partial charge in [0.15, 0.2) is 0 Å². The molecule has 1 aliphatic rings. The maximum atomic E-state index is 12.9.